The molecule has 0 aliphatic heterocycles. The molecule has 0 radical (unpaired) electrons. The van der Waals surface area contributed by atoms with Gasteiger partial charge in [-0.3, -0.25) is 0 Å². The van der Waals surface area contributed by atoms with Crippen molar-refractivity contribution in [1.29, 1.82) is 5.26 Å². The van der Waals surface area contributed by atoms with E-state index in [1.54, 1.807) is 0 Å². The molecule has 0 N–H and O–H groups in total. The second kappa shape index (κ2) is 4.77. The predicted octanol–water partition coefficient (Wildman–Crippen LogP) is 4.28. The first-order valence-corrected chi connectivity index (χ1v) is 6.69. The van der Waals surface area contributed by atoms with E-state index in [0.717, 1.165) is 27.5 Å². The minimum absolute atomic E-state index is 0.115. The van der Waals surface area contributed by atoms with Gasteiger partial charge in [-0.05, 0) is 56.8 Å². The Morgan fingerprint density at radius 3 is 2.44 bits per heavy atom. The van der Waals surface area contributed by atoms with E-state index in [2.05, 4.69) is 37.9 Å². The summed E-state index contributed by atoms with van der Waals surface area (Å²) < 4.78 is 7.68. The van der Waals surface area contributed by atoms with E-state index in [0.29, 0.717) is 13.0 Å². The molecule has 0 spiro atoms. The molecule has 4 heteroatoms. The van der Waals surface area contributed by atoms with Gasteiger partial charge in [0.1, 0.15) is 5.75 Å². The van der Waals surface area contributed by atoms with Crippen LogP contribution in [0.5, 0.6) is 5.75 Å². The molecular formula is C12H11Br2NO. The third-order valence-corrected chi connectivity index (χ3v) is 4.10. The monoisotopic (exact) mass is 343 g/mol. The zero-order chi connectivity index (χ0) is 11.6. The molecule has 0 heterocycles. The molecule has 0 bridgehead atoms. The summed E-state index contributed by atoms with van der Waals surface area (Å²) >= 11 is 6.91. The van der Waals surface area contributed by atoms with Crippen LogP contribution in [0.1, 0.15) is 19.3 Å². The average Bonchev–Trinajstić information content (AvgIpc) is 2.98. The van der Waals surface area contributed by atoms with E-state index in [4.69, 9.17) is 10.00 Å². The lowest BCUT2D eigenvalue weighted by Gasteiger charge is -2.15. The first-order chi connectivity index (χ1) is 7.67. The third-order valence-electron chi connectivity index (χ3n) is 2.85. The van der Waals surface area contributed by atoms with E-state index >= 15 is 0 Å². The van der Waals surface area contributed by atoms with Gasteiger partial charge in [-0.15, -0.1) is 0 Å². The number of nitriles is 1. The van der Waals surface area contributed by atoms with Crippen molar-refractivity contribution in [1.82, 2.24) is 0 Å². The lowest BCUT2D eigenvalue weighted by Crippen LogP contribution is -2.12. The fraction of sp³-hybridized carbons (Fsp3) is 0.417. The van der Waals surface area contributed by atoms with E-state index in [9.17, 15) is 0 Å². The molecule has 2 nitrogen and oxygen atoms in total. The fourth-order valence-corrected chi connectivity index (χ4v) is 2.79. The lowest BCUT2D eigenvalue weighted by molar-refractivity contribution is 0.234. The van der Waals surface area contributed by atoms with Crippen LogP contribution in [0.3, 0.4) is 0 Å². The third kappa shape index (κ3) is 2.58. The molecule has 0 aromatic heterocycles. The van der Waals surface area contributed by atoms with Crippen LogP contribution in [0.15, 0.2) is 27.1 Å². The van der Waals surface area contributed by atoms with Crippen LogP contribution in [0.25, 0.3) is 0 Å². The molecule has 2 rings (SSSR count). The minimum Gasteiger partial charge on any atom is -0.491 e. The van der Waals surface area contributed by atoms with Crippen molar-refractivity contribution in [2.75, 3.05) is 6.61 Å². The molecule has 1 aliphatic rings. The van der Waals surface area contributed by atoms with Crippen molar-refractivity contribution in [3.05, 3.63) is 27.1 Å². The topological polar surface area (TPSA) is 33.0 Å². The molecule has 0 unspecified atom stereocenters. The van der Waals surface area contributed by atoms with Crippen molar-refractivity contribution < 1.29 is 4.74 Å². The average molecular weight is 345 g/mol. The molecule has 1 aromatic carbocycles. The largest absolute Gasteiger partial charge is 0.491 e. The van der Waals surface area contributed by atoms with Crippen molar-refractivity contribution in [2.45, 2.75) is 19.3 Å². The second-order valence-electron chi connectivity index (χ2n) is 4.17. The van der Waals surface area contributed by atoms with Gasteiger partial charge in [-0.25, -0.2) is 0 Å². The predicted molar refractivity (Wildman–Crippen MR) is 69.2 cm³/mol. The Morgan fingerprint density at radius 1 is 1.31 bits per heavy atom. The van der Waals surface area contributed by atoms with Gasteiger partial charge in [-0.1, -0.05) is 6.07 Å². The van der Waals surface area contributed by atoms with Gasteiger partial charge in [0.2, 0.25) is 0 Å². The van der Waals surface area contributed by atoms with Crippen LogP contribution in [0, 0.1) is 16.7 Å². The number of ether oxygens (including phenoxy) is 1. The first-order valence-electron chi connectivity index (χ1n) is 5.11. The number of para-hydroxylation sites is 1. The van der Waals surface area contributed by atoms with Gasteiger partial charge < -0.3 is 4.74 Å². The van der Waals surface area contributed by atoms with Gasteiger partial charge in [0.15, 0.2) is 0 Å². The smallest absolute Gasteiger partial charge is 0.147 e. The maximum absolute atomic E-state index is 8.72. The SMILES string of the molecule is N#CCC1(COc2c(Br)cccc2Br)CC1. The Hall–Kier alpha value is -0.530. The molecule has 1 saturated carbocycles. The quantitative estimate of drug-likeness (QED) is 0.816. The van der Waals surface area contributed by atoms with E-state index in [1.807, 2.05) is 18.2 Å². The molecule has 16 heavy (non-hydrogen) atoms. The summed E-state index contributed by atoms with van der Waals surface area (Å²) in [4.78, 5) is 0. The van der Waals surface area contributed by atoms with Gasteiger partial charge in [0, 0.05) is 11.8 Å². The van der Waals surface area contributed by atoms with Crippen LogP contribution in [-0.2, 0) is 0 Å². The van der Waals surface area contributed by atoms with E-state index in [1.165, 1.54) is 0 Å². The molecular weight excluding hydrogens is 334 g/mol. The molecule has 1 fully saturated rings. The highest BCUT2D eigenvalue weighted by Crippen LogP contribution is 2.49. The van der Waals surface area contributed by atoms with Crippen LogP contribution in [0.4, 0.5) is 0 Å². The molecule has 0 atom stereocenters. The Morgan fingerprint density at radius 2 is 1.94 bits per heavy atom. The van der Waals surface area contributed by atoms with Gasteiger partial charge >= 0.3 is 0 Å². The number of hydrogen-bond donors (Lipinski definition) is 0. The summed E-state index contributed by atoms with van der Waals surface area (Å²) in [5.74, 6) is 0.826. The highest BCUT2D eigenvalue weighted by atomic mass is 79.9. The molecule has 1 aliphatic carbocycles. The maximum Gasteiger partial charge on any atom is 0.147 e. The van der Waals surface area contributed by atoms with E-state index in [-0.39, 0.29) is 5.41 Å². The highest BCUT2D eigenvalue weighted by molar-refractivity contribution is 9.11. The maximum atomic E-state index is 8.72. The number of benzene rings is 1. The van der Waals surface area contributed by atoms with Crippen molar-refractivity contribution in [2.24, 2.45) is 5.41 Å². The number of rotatable bonds is 4. The Labute approximate surface area is 112 Å². The second-order valence-corrected chi connectivity index (χ2v) is 5.88. The Kier molecular flexibility index (Phi) is 3.56. The number of hydrogen-bond acceptors (Lipinski definition) is 2. The van der Waals surface area contributed by atoms with E-state index < -0.39 is 0 Å². The molecule has 1 aromatic rings. The molecule has 0 amide bonds. The number of halogens is 2. The number of nitrogens with zero attached hydrogens (tertiary/aromatic N) is 1. The van der Waals surface area contributed by atoms with Crippen molar-refractivity contribution in [3.63, 3.8) is 0 Å². The molecule has 84 valence electrons. The summed E-state index contributed by atoms with van der Waals surface area (Å²) in [6.07, 6.45) is 2.79. The van der Waals surface area contributed by atoms with Crippen LogP contribution in [0.2, 0.25) is 0 Å². The summed E-state index contributed by atoms with van der Waals surface area (Å²) in [7, 11) is 0. The van der Waals surface area contributed by atoms with Crippen molar-refractivity contribution in [3.8, 4) is 11.8 Å². The normalized spacial score (nSPS) is 16.6. The summed E-state index contributed by atoms with van der Waals surface area (Å²) in [5, 5.41) is 8.72. The molecule has 0 saturated heterocycles. The summed E-state index contributed by atoms with van der Waals surface area (Å²) in [5.41, 5.74) is 0.115. The fourth-order valence-electron chi connectivity index (χ4n) is 1.56. The Bertz CT molecular complexity index is 415. The van der Waals surface area contributed by atoms with Crippen LogP contribution < -0.4 is 4.74 Å². The lowest BCUT2D eigenvalue weighted by atomic mass is 10.1. The van der Waals surface area contributed by atoms with Crippen LogP contribution in [-0.4, -0.2) is 6.61 Å². The summed E-state index contributed by atoms with van der Waals surface area (Å²) in [6, 6.07) is 8.08. The Balaban J connectivity index is 2.03. The summed E-state index contributed by atoms with van der Waals surface area (Å²) in [6.45, 7) is 0.627. The van der Waals surface area contributed by atoms with Gasteiger partial charge in [0.05, 0.1) is 21.6 Å². The van der Waals surface area contributed by atoms with Crippen LogP contribution >= 0.6 is 31.9 Å². The first kappa shape index (κ1) is 11.9. The van der Waals surface area contributed by atoms with Gasteiger partial charge in [0.25, 0.3) is 0 Å². The zero-order valence-corrected chi connectivity index (χ0v) is 11.8. The standard InChI is InChI=1S/C12H11Br2NO/c13-9-2-1-3-10(14)11(9)16-8-12(4-5-12)6-7-15/h1-3H,4-6,8H2. The van der Waals surface area contributed by atoms with Gasteiger partial charge in [-0.2, -0.15) is 5.26 Å². The van der Waals surface area contributed by atoms with Crippen molar-refractivity contribution >= 4 is 31.9 Å². The highest BCUT2D eigenvalue weighted by Gasteiger charge is 2.43. The zero-order valence-electron chi connectivity index (χ0n) is 8.67. The minimum atomic E-state index is 0.115.